The van der Waals surface area contributed by atoms with Crippen LogP contribution in [-0.2, 0) is 11.2 Å². The quantitative estimate of drug-likeness (QED) is 0.711. The van der Waals surface area contributed by atoms with Gasteiger partial charge >= 0.3 is 0 Å². The van der Waals surface area contributed by atoms with Crippen LogP contribution in [0.2, 0.25) is 0 Å². The molecular formula is C20H23N5O2. The number of methoxy groups -OCH3 is 1. The summed E-state index contributed by atoms with van der Waals surface area (Å²) in [6.45, 7) is 4.64. The van der Waals surface area contributed by atoms with Gasteiger partial charge < -0.3 is 9.64 Å². The van der Waals surface area contributed by atoms with Gasteiger partial charge in [-0.1, -0.05) is 12.1 Å². The monoisotopic (exact) mass is 365 g/mol. The molecule has 7 heteroatoms. The van der Waals surface area contributed by atoms with Crippen LogP contribution in [0.5, 0.6) is 5.75 Å². The molecule has 0 radical (unpaired) electrons. The van der Waals surface area contributed by atoms with Crippen molar-refractivity contribution in [1.29, 1.82) is 0 Å². The highest BCUT2D eigenvalue weighted by Crippen LogP contribution is 2.33. The normalized spacial score (nSPS) is 16.9. The molecule has 3 aromatic rings. The Morgan fingerprint density at radius 3 is 2.93 bits per heavy atom. The maximum absolute atomic E-state index is 13.0. The molecule has 1 aliphatic heterocycles. The van der Waals surface area contributed by atoms with Gasteiger partial charge in [-0.2, -0.15) is 4.98 Å². The second-order valence-electron chi connectivity index (χ2n) is 6.98. The number of likely N-dealkylation sites (tertiary alicyclic amines) is 1. The molecule has 4 rings (SSSR count). The van der Waals surface area contributed by atoms with Gasteiger partial charge in [-0.3, -0.25) is 4.79 Å². The van der Waals surface area contributed by atoms with Crippen LogP contribution in [0.3, 0.4) is 0 Å². The summed E-state index contributed by atoms with van der Waals surface area (Å²) in [5.74, 6) is 1.91. The van der Waals surface area contributed by atoms with Gasteiger partial charge in [-0.15, -0.1) is 5.10 Å². The molecule has 27 heavy (non-hydrogen) atoms. The van der Waals surface area contributed by atoms with E-state index in [1.165, 1.54) is 0 Å². The van der Waals surface area contributed by atoms with Crippen molar-refractivity contribution in [2.24, 2.45) is 0 Å². The number of fused-ring (bicyclic) bond motifs is 1. The standard InChI is InChI=1S/C20H23N5O2/c1-13-10-14(2)25-20(21-13)22-18(23-25)12-19(26)24-9-5-8-17(24)15-6-4-7-16(11-15)27-3/h4,6-7,10-11,17H,5,8-9,12H2,1-3H3/t17-/m1/s1. The fraction of sp³-hybridized carbons (Fsp3) is 0.400. The van der Waals surface area contributed by atoms with Gasteiger partial charge in [0.15, 0.2) is 5.82 Å². The lowest BCUT2D eigenvalue weighted by atomic mass is 10.0. The number of amides is 1. The molecule has 0 spiro atoms. The first kappa shape index (κ1) is 17.5. The van der Waals surface area contributed by atoms with E-state index >= 15 is 0 Å². The van der Waals surface area contributed by atoms with Gasteiger partial charge in [0.1, 0.15) is 5.75 Å². The molecule has 1 aromatic carbocycles. The van der Waals surface area contributed by atoms with Crippen LogP contribution in [-0.4, -0.2) is 44.0 Å². The Kier molecular flexibility index (Phi) is 4.51. The molecule has 0 aliphatic carbocycles. The number of aromatic nitrogens is 4. The largest absolute Gasteiger partial charge is 0.497 e. The highest BCUT2D eigenvalue weighted by Gasteiger charge is 2.30. The lowest BCUT2D eigenvalue weighted by Crippen LogP contribution is -2.32. The van der Waals surface area contributed by atoms with Crippen molar-refractivity contribution in [3.8, 4) is 5.75 Å². The molecule has 3 heterocycles. The third-order valence-corrected chi connectivity index (χ3v) is 5.02. The van der Waals surface area contributed by atoms with Crippen molar-refractivity contribution in [2.45, 2.75) is 39.2 Å². The van der Waals surface area contributed by atoms with E-state index in [1.807, 2.05) is 43.0 Å². The smallest absolute Gasteiger partial charge is 0.252 e. The van der Waals surface area contributed by atoms with Gasteiger partial charge in [-0.05, 0) is 50.5 Å². The van der Waals surface area contributed by atoms with Gasteiger partial charge in [0.2, 0.25) is 5.91 Å². The second kappa shape index (κ2) is 6.98. The minimum atomic E-state index is 0.0469. The maximum Gasteiger partial charge on any atom is 0.252 e. The summed E-state index contributed by atoms with van der Waals surface area (Å²) < 4.78 is 7.02. The zero-order valence-corrected chi connectivity index (χ0v) is 15.8. The van der Waals surface area contributed by atoms with E-state index in [-0.39, 0.29) is 18.4 Å². The van der Waals surface area contributed by atoms with E-state index in [1.54, 1.807) is 11.6 Å². The zero-order valence-electron chi connectivity index (χ0n) is 15.8. The van der Waals surface area contributed by atoms with Crippen LogP contribution >= 0.6 is 0 Å². The Labute approximate surface area is 158 Å². The summed E-state index contributed by atoms with van der Waals surface area (Å²) in [4.78, 5) is 23.7. The number of benzene rings is 1. The van der Waals surface area contributed by atoms with E-state index in [4.69, 9.17) is 4.74 Å². The highest BCUT2D eigenvalue weighted by atomic mass is 16.5. The van der Waals surface area contributed by atoms with Gasteiger partial charge in [0.25, 0.3) is 5.78 Å². The van der Waals surface area contributed by atoms with E-state index in [2.05, 4.69) is 21.1 Å². The molecule has 0 bridgehead atoms. The summed E-state index contributed by atoms with van der Waals surface area (Å²) >= 11 is 0. The summed E-state index contributed by atoms with van der Waals surface area (Å²) in [5.41, 5.74) is 2.96. The van der Waals surface area contributed by atoms with E-state index in [0.717, 1.165) is 42.1 Å². The Hall–Kier alpha value is -2.96. The number of hydrogen-bond donors (Lipinski definition) is 0. The fourth-order valence-electron chi connectivity index (χ4n) is 3.78. The third kappa shape index (κ3) is 3.37. The summed E-state index contributed by atoms with van der Waals surface area (Å²) in [7, 11) is 1.66. The van der Waals surface area contributed by atoms with Crippen LogP contribution in [0, 0.1) is 13.8 Å². The number of nitrogens with zero attached hydrogens (tertiary/aromatic N) is 5. The molecule has 0 N–H and O–H groups in total. The maximum atomic E-state index is 13.0. The van der Waals surface area contributed by atoms with Crippen molar-refractivity contribution < 1.29 is 9.53 Å². The first-order chi connectivity index (χ1) is 13.0. The second-order valence-corrected chi connectivity index (χ2v) is 6.98. The highest BCUT2D eigenvalue weighted by molar-refractivity contribution is 5.79. The molecule has 1 aliphatic rings. The lowest BCUT2D eigenvalue weighted by Gasteiger charge is -2.25. The van der Waals surface area contributed by atoms with Gasteiger partial charge in [0.05, 0.1) is 19.6 Å². The molecule has 2 aromatic heterocycles. The number of aryl methyl sites for hydroxylation is 2. The topological polar surface area (TPSA) is 72.6 Å². The number of carbonyl (C=O) groups excluding carboxylic acids is 1. The Morgan fingerprint density at radius 1 is 1.26 bits per heavy atom. The van der Waals surface area contributed by atoms with Gasteiger partial charge in [-0.25, -0.2) is 9.50 Å². The summed E-state index contributed by atoms with van der Waals surface area (Å²) in [6, 6.07) is 9.98. The average molecular weight is 365 g/mol. The molecule has 140 valence electrons. The van der Waals surface area contributed by atoms with Crippen molar-refractivity contribution in [3.63, 3.8) is 0 Å². The van der Waals surface area contributed by atoms with Gasteiger partial charge in [0, 0.05) is 17.9 Å². The van der Waals surface area contributed by atoms with Crippen molar-refractivity contribution in [2.75, 3.05) is 13.7 Å². The molecular weight excluding hydrogens is 342 g/mol. The van der Waals surface area contributed by atoms with E-state index in [9.17, 15) is 4.79 Å². The first-order valence-corrected chi connectivity index (χ1v) is 9.18. The number of hydrogen-bond acceptors (Lipinski definition) is 5. The van der Waals surface area contributed by atoms with Crippen LogP contribution < -0.4 is 4.74 Å². The summed E-state index contributed by atoms with van der Waals surface area (Å²) in [6.07, 6.45) is 2.13. The van der Waals surface area contributed by atoms with Crippen molar-refractivity contribution in [1.82, 2.24) is 24.5 Å². The van der Waals surface area contributed by atoms with Crippen LogP contribution in [0.25, 0.3) is 5.78 Å². The van der Waals surface area contributed by atoms with Crippen molar-refractivity contribution in [3.05, 3.63) is 53.1 Å². The molecule has 0 saturated carbocycles. The van der Waals surface area contributed by atoms with Crippen LogP contribution in [0.4, 0.5) is 0 Å². The molecule has 1 amide bonds. The van der Waals surface area contributed by atoms with Crippen molar-refractivity contribution >= 4 is 11.7 Å². The fourth-order valence-corrected chi connectivity index (χ4v) is 3.78. The van der Waals surface area contributed by atoms with E-state index in [0.29, 0.717) is 11.6 Å². The predicted molar refractivity (Wildman–Crippen MR) is 101 cm³/mol. The molecule has 1 saturated heterocycles. The Bertz CT molecular complexity index is 997. The molecule has 1 atom stereocenters. The molecule has 1 fully saturated rings. The first-order valence-electron chi connectivity index (χ1n) is 9.18. The average Bonchev–Trinajstić information content (AvgIpc) is 3.28. The predicted octanol–water partition coefficient (Wildman–Crippen LogP) is 2.66. The lowest BCUT2D eigenvalue weighted by molar-refractivity contribution is -0.131. The number of rotatable bonds is 4. The molecule has 0 unspecified atom stereocenters. The van der Waals surface area contributed by atoms with E-state index < -0.39 is 0 Å². The molecule has 7 nitrogen and oxygen atoms in total. The minimum Gasteiger partial charge on any atom is -0.497 e. The Balaban J connectivity index is 1.56. The zero-order chi connectivity index (χ0) is 19.0. The van der Waals surface area contributed by atoms with Crippen LogP contribution in [0.15, 0.2) is 30.3 Å². The van der Waals surface area contributed by atoms with Crippen LogP contribution in [0.1, 0.15) is 41.7 Å². The SMILES string of the molecule is COc1cccc([C@H]2CCCN2C(=O)Cc2nc3nc(C)cc(C)n3n2)c1. The minimum absolute atomic E-state index is 0.0469. The number of carbonyl (C=O) groups is 1. The summed E-state index contributed by atoms with van der Waals surface area (Å²) in [5, 5.41) is 4.47. The number of ether oxygens (including phenoxy) is 1. The third-order valence-electron chi connectivity index (χ3n) is 5.02. The Morgan fingerprint density at radius 2 is 2.11 bits per heavy atom.